The van der Waals surface area contributed by atoms with Gasteiger partial charge < -0.3 is 4.90 Å². The number of carbonyl (C=O) groups excluding carboxylic acids is 1. The fourth-order valence-corrected chi connectivity index (χ4v) is 4.01. The lowest BCUT2D eigenvalue weighted by atomic mass is 9.95. The summed E-state index contributed by atoms with van der Waals surface area (Å²) in [5.74, 6) is 0.648. The van der Waals surface area contributed by atoms with E-state index in [-0.39, 0.29) is 11.9 Å². The summed E-state index contributed by atoms with van der Waals surface area (Å²) in [5, 5.41) is 9.17. The van der Waals surface area contributed by atoms with Crippen LogP contribution in [0.4, 0.5) is 0 Å². The van der Waals surface area contributed by atoms with Gasteiger partial charge in [0.25, 0.3) is 0 Å². The number of rotatable bonds is 5. The van der Waals surface area contributed by atoms with Crippen molar-refractivity contribution in [3.8, 4) is 0 Å². The number of likely N-dealkylation sites (tertiary alicyclic amines) is 1. The van der Waals surface area contributed by atoms with Crippen molar-refractivity contribution in [3.05, 3.63) is 40.3 Å². The molecule has 2 aromatic rings. The van der Waals surface area contributed by atoms with E-state index >= 15 is 0 Å². The topological polar surface area (TPSA) is 52.2 Å². The molecule has 0 bridgehead atoms. The van der Waals surface area contributed by atoms with E-state index in [0.29, 0.717) is 12.5 Å². The molecule has 6 heteroatoms. The van der Waals surface area contributed by atoms with Crippen molar-refractivity contribution in [2.75, 3.05) is 26.7 Å². The molecule has 0 aromatic carbocycles. The van der Waals surface area contributed by atoms with Crippen LogP contribution in [0.25, 0.3) is 0 Å². The van der Waals surface area contributed by atoms with Crippen molar-refractivity contribution in [1.82, 2.24) is 20.0 Å². The number of piperidine rings is 1. The van der Waals surface area contributed by atoms with Gasteiger partial charge in [-0.25, -0.2) is 0 Å². The first-order valence-corrected chi connectivity index (χ1v) is 9.04. The van der Waals surface area contributed by atoms with Gasteiger partial charge in [0.05, 0.1) is 12.6 Å². The van der Waals surface area contributed by atoms with E-state index in [1.54, 1.807) is 17.5 Å². The van der Waals surface area contributed by atoms with Crippen LogP contribution in [0.3, 0.4) is 0 Å². The molecule has 1 N–H and O–H groups in total. The summed E-state index contributed by atoms with van der Waals surface area (Å²) >= 11 is 1.70. The van der Waals surface area contributed by atoms with Crippen LogP contribution < -0.4 is 0 Å². The Labute approximate surface area is 141 Å². The van der Waals surface area contributed by atoms with E-state index in [1.165, 1.54) is 10.6 Å². The second kappa shape index (κ2) is 7.27. The van der Waals surface area contributed by atoms with Gasteiger partial charge in [0.2, 0.25) is 5.91 Å². The van der Waals surface area contributed by atoms with E-state index in [1.807, 2.05) is 24.1 Å². The molecule has 0 aliphatic carbocycles. The predicted molar refractivity (Wildman–Crippen MR) is 92.5 cm³/mol. The minimum atomic E-state index is 0.135. The molecule has 0 radical (unpaired) electrons. The Balaban J connectivity index is 1.56. The maximum atomic E-state index is 12.6. The van der Waals surface area contributed by atoms with E-state index in [0.717, 1.165) is 25.9 Å². The number of amides is 1. The second-order valence-electron chi connectivity index (χ2n) is 6.28. The van der Waals surface area contributed by atoms with Crippen LogP contribution in [-0.2, 0) is 4.79 Å². The van der Waals surface area contributed by atoms with Gasteiger partial charge in [0.15, 0.2) is 0 Å². The number of nitrogens with one attached hydrogen (secondary N) is 1. The molecule has 1 aliphatic rings. The number of nitrogens with zero attached hydrogens (tertiary/aromatic N) is 3. The predicted octanol–water partition coefficient (Wildman–Crippen LogP) is 2.87. The maximum absolute atomic E-state index is 12.6. The van der Waals surface area contributed by atoms with Gasteiger partial charge in [-0.15, -0.1) is 11.3 Å². The molecule has 2 aromatic heterocycles. The summed E-state index contributed by atoms with van der Waals surface area (Å²) in [4.78, 5) is 18.0. The Hall–Kier alpha value is -1.66. The van der Waals surface area contributed by atoms with Crippen molar-refractivity contribution >= 4 is 17.2 Å². The number of hydrogen-bond acceptors (Lipinski definition) is 4. The highest BCUT2D eigenvalue weighted by molar-refractivity contribution is 7.10. The zero-order chi connectivity index (χ0) is 16.2. The van der Waals surface area contributed by atoms with Crippen molar-refractivity contribution in [2.24, 2.45) is 0 Å². The molecular formula is C17H24N4OS. The first kappa shape index (κ1) is 16.2. The molecule has 3 rings (SSSR count). The summed E-state index contributed by atoms with van der Waals surface area (Å²) in [6, 6.07) is 6.31. The highest BCUT2D eigenvalue weighted by Gasteiger charge is 2.26. The molecule has 1 amide bonds. The molecular weight excluding hydrogens is 308 g/mol. The minimum Gasteiger partial charge on any atom is -0.337 e. The lowest BCUT2D eigenvalue weighted by Crippen LogP contribution is -2.43. The third-order valence-electron chi connectivity index (χ3n) is 4.76. The monoisotopic (exact) mass is 332 g/mol. The highest BCUT2D eigenvalue weighted by Crippen LogP contribution is 2.26. The van der Waals surface area contributed by atoms with Crippen LogP contribution >= 0.6 is 11.3 Å². The van der Waals surface area contributed by atoms with Gasteiger partial charge in [0.1, 0.15) is 0 Å². The maximum Gasteiger partial charge on any atom is 0.237 e. The van der Waals surface area contributed by atoms with Crippen molar-refractivity contribution < 1.29 is 4.79 Å². The van der Waals surface area contributed by atoms with Gasteiger partial charge in [-0.3, -0.25) is 14.8 Å². The highest BCUT2D eigenvalue weighted by atomic mass is 32.1. The first-order valence-electron chi connectivity index (χ1n) is 8.16. The zero-order valence-corrected chi connectivity index (χ0v) is 14.6. The minimum absolute atomic E-state index is 0.135. The number of hydrogen-bond donors (Lipinski definition) is 1. The summed E-state index contributed by atoms with van der Waals surface area (Å²) < 4.78 is 0. The molecule has 2 atom stereocenters. The van der Waals surface area contributed by atoms with Crippen LogP contribution in [0.1, 0.15) is 42.3 Å². The molecule has 0 unspecified atom stereocenters. The van der Waals surface area contributed by atoms with E-state index in [2.05, 4.69) is 33.5 Å². The first-order chi connectivity index (χ1) is 11.1. The normalized spacial score (nSPS) is 20.3. The smallest absolute Gasteiger partial charge is 0.237 e. The molecule has 1 saturated heterocycles. The van der Waals surface area contributed by atoms with Gasteiger partial charge in [0, 0.05) is 36.3 Å². The lowest BCUT2D eigenvalue weighted by molar-refractivity contribution is -0.133. The fourth-order valence-electron chi connectivity index (χ4n) is 3.19. The quantitative estimate of drug-likeness (QED) is 0.916. The number of likely N-dealkylation sites (N-methyl/N-ethyl adjacent to an activating group) is 1. The van der Waals surface area contributed by atoms with Gasteiger partial charge >= 0.3 is 0 Å². The van der Waals surface area contributed by atoms with E-state index in [4.69, 9.17) is 0 Å². The molecule has 0 saturated carbocycles. The Morgan fingerprint density at radius 2 is 2.43 bits per heavy atom. The average molecular weight is 332 g/mol. The Morgan fingerprint density at radius 3 is 3.13 bits per heavy atom. The molecule has 124 valence electrons. The summed E-state index contributed by atoms with van der Waals surface area (Å²) in [6.07, 6.45) is 4.09. The summed E-state index contributed by atoms with van der Waals surface area (Å²) in [6.45, 7) is 4.51. The molecule has 23 heavy (non-hydrogen) atoms. The molecule has 3 heterocycles. The molecule has 0 spiro atoms. The van der Waals surface area contributed by atoms with Crippen molar-refractivity contribution in [3.63, 3.8) is 0 Å². The average Bonchev–Trinajstić information content (AvgIpc) is 3.26. The largest absolute Gasteiger partial charge is 0.337 e. The third-order valence-corrected chi connectivity index (χ3v) is 5.80. The third kappa shape index (κ3) is 3.82. The number of aromatic nitrogens is 2. The number of aromatic amines is 1. The Kier molecular flexibility index (Phi) is 5.13. The number of carbonyl (C=O) groups is 1. The van der Waals surface area contributed by atoms with Crippen molar-refractivity contribution in [1.29, 1.82) is 0 Å². The summed E-state index contributed by atoms with van der Waals surface area (Å²) in [5.41, 5.74) is 1.18. The summed E-state index contributed by atoms with van der Waals surface area (Å²) in [7, 11) is 1.91. The van der Waals surface area contributed by atoms with Crippen LogP contribution in [0.5, 0.6) is 0 Å². The number of thiophene rings is 1. The number of H-pyrrole nitrogens is 1. The van der Waals surface area contributed by atoms with Crippen molar-refractivity contribution in [2.45, 2.75) is 31.7 Å². The van der Waals surface area contributed by atoms with Gasteiger partial charge in [-0.05, 0) is 43.8 Å². The van der Waals surface area contributed by atoms with E-state index in [9.17, 15) is 4.79 Å². The lowest BCUT2D eigenvalue weighted by Gasteiger charge is -2.33. The van der Waals surface area contributed by atoms with E-state index < -0.39 is 0 Å². The fraction of sp³-hybridized carbons (Fsp3) is 0.529. The molecule has 5 nitrogen and oxygen atoms in total. The van der Waals surface area contributed by atoms with Crippen LogP contribution in [0, 0.1) is 0 Å². The van der Waals surface area contributed by atoms with Crippen LogP contribution in [-0.4, -0.2) is 52.6 Å². The Bertz CT molecular complexity index is 611. The van der Waals surface area contributed by atoms with Gasteiger partial charge in [-0.2, -0.15) is 5.10 Å². The standard InChI is InChI=1S/C17H24N4OS/c1-13(16-6-4-10-23-16)20(2)17(22)12-21-9-3-5-14(11-21)15-7-8-18-19-15/h4,6-8,10,13-14H,3,5,9,11-12H2,1-2H3,(H,18,19)/t13-,14+/m1/s1. The molecule has 1 fully saturated rings. The SMILES string of the molecule is C[C@H](c1cccs1)N(C)C(=O)CN1CCC[C@H](c2ccn[nH]2)C1. The molecule has 1 aliphatic heterocycles. The Morgan fingerprint density at radius 1 is 1.57 bits per heavy atom. The van der Waals surface area contributed by atoms with Crippen LogP contribution in [0.15, 0.2) is 29.8 Å². The second-order valence-corrected chi connectivity index (χ2v) is 7.26. The van der Waals surface area contributed by atoms with Crippen LogP contribution in [0.2, 0.25) is 0 Å². The van der Waals surface area contributed by atoms with Gasteiger partial charge in [-0.1, -0.05) is 6.07 Å². The zero-order valence-electron chi connectivity index (χ0n) is 13.7.